The van der Waals surface area contributed by atoms with E-state index in [2.05, 4.69) is 20.0 Å². The third kappa shape index (κ3) is 2.68. The van der Waals surface area contributed by atoms with Gasteiger partial charge in [-0.05, 0) is 24.0 Å². The molecule has 0 spiro atoms. The molecule has 106 valence electrons. The van der Waals surface area contributed by atoms with E-state index in [1.165, 1.54) is 11.5 Å². The molecule has 0 atom stereocenters. The molecule has 6 nitrogen and oxygen atoms in total. The monoisotopic (exact) mass is 299 g/mol. The van der Waals surface area contributed by atoms with Gasteiger partial charge in [0.2, 0.25) is 0 Å². The molecule has 0 unspecified atom stereocenters. The molecule has 0 saturated heterocycles. The molecule has 3 rings (SSSR count). The van der Waals surface area contributed by atoms with Crippen molar-refractivity contribution >= 4 is 23.3 Å². The highest BCUT2D eigenvalue weighted by atomic mass is 32.1. The van der Waals surface area contributed by atoms with Gasteiger partial charge in [0, 0.05) is 13.1 Å². The van der Waals surface area contributed by atoms with Gasteiger partial charge in [0.15, 0.2) is 5.69 Å². The lowest BCUT2D eigenvalue weighted by atomic mass is 10.1. The smallest absolute Gasteiger partial charge is 0.278 e. The molecule has 0 bridgehead atoms. The van der Waals surface area contributed by atoms with Gasteiger partial charge >= 0.3 is 0 Å². The van der Waals surface area contributed by atoms with Crippen molar-refractivity contribution in [2.45, 2.75) is 6.92 Å². The Morgan fingerprint density at radius 2 is 2.05 bits per heavy atom. The largest absolute Gasteiger partial charge is 0.305 e. The lowest BCUT2D eigenvalue weighted by Gasteiger charge is -2.04. The topological polar surface area (TPSA) is 72.7 Å². The summed E-state index contributed by atoms with van der Waals surface area (Å²) >= 11 is 1.21. The minimum atomic E-state index is -0.286. The zero-order valence-corrected chi connectivity index (χ0v) is 12.4. The molecule has 0 aliphatic heterocycles. The van der Waals surface area contributed by atoms with Gasteiger partial charge in [-0.25, -0.2) is 0 Å². The third-order valence-corrected chi connectivity index (χ3v) is 3.76. The van der Waals surface area contributed by atoms with Crippen LogP contribution in [0.4, 0.5) is 5.82 Å². The van der Waals surface area contributed by atoms with Gasteiger partial charge in [-0.15, -0.1) is 5.10 Å². The summed E-state index contributed by atoms with van der Waals surface area (Å²) in [4.78, 5) is 13.1. The highest BCUT2D eigenvalue weighted by Gasteiger charge is 2.19. The fraction of sp³-hybridized carbons (Fsp3) is 0.143. The second kappa shape index (κ2) is 5.45. The number of amides is 1. The first-order valence-electron chi connectivity index (χ1n) is 6.35. The average Bonchev–Trinajstić information content (AvgIpc) is 3.07. The minimum absolute atomic E-state index is 0.286. The van der Waals surface area contributed by atoms with Crippen molar-refractivity contribution < 1.29 is 4.79 Å². The number of carbonyl (C=O) groups excluding carboxylic acids is 1. The van der Waals surface area contributed by atoms with Gasteiger partial charge in [-0.3, -0.25) is 9.48 Å². The second-order valence-corrected chi connectivity index (χ2v) is 5.32. The number of aromatic nitrogens is 4. The summed E-state index contributed by atoms with van der Waals surface area (Å²) in [6, 6.07) is 11.4. The normalized spacial score (nSPS) is 10.6. The number of hydrogen-bond acceptors (Lipinski definition) is 5. The van der Waals surface area contributed by atoms with Crippen LogP contribution < -0.4 is 5.32 Å². The van der Waals surface area contributed by atoms with E-state index in [9.17, 15) is 4.79 Å². The molecule has 21 heavy (non-hydrogen) atoms. The highest BCUT2D eigenvalue weighted by molar-refractivity contribution is 7.09. The number of aryl methyl sites for hydroxylation is 2. The molecule has 0 aliphatic rings. The van der Waals surface area contributed by atoms with Crippen LogP contribution in [0.2, 0.25) is 0 Å². The Morgan fingerprint density at radius 3 is 2.71 bits per heavy atom. The molecule has 1 amide bonds. The summed E-state index contributed by atoms with van der Waals surface area (Å²) in [5, 5.41) is 11.0. The number of nitrogens with zero attached hydrogens (tertiary/aromatic N) is 4. The van der Waals surface area contributed by atoms with Crippen LogP contribution in [0.1, 0.15) is 16.2 Å². The number of carbonyl (C=O) groups is 1. The highest BCUT2D eigenvalue weighted by Crippen LogP contribution is 2.26. The Kier molecular flexibility index (Phi) is 3.49. The summed E-state index contributed by atoms with van der Waals surface area (Å²) in [5.74, 6) is 0.343. The van der Waals surface area contributed by atoms with Crippen LogP contribution in [-0.2, 0) is 7.05 Å². The number of hydrogen-bond donors (Lipinski definition) is 1. The fourth-order valence-electron chi connectivity index (χ4n) is 2.02. The fourth-order valence-corrected chi connectivity index (χ4v) is 2.69. The maximum atomic E-state index is 12.4. The quantitative estimate of drug-likeness (QED) is 0.806. The Morgan fingerprint density at radius 1 is 1.29 bits per heavy atom. The van der Waals surface area contributed by atoms with E-state index >= 15 is 0 Å². The SMILES string of the molecule is Cc1cc(NC(=O)c2nnsc2-c2ccccc2)n(C)n1. The van der Waals surface area contributed by atoms with Gasteiger partial charge in [-0.1, -0.05) is 34.8 Å². The number of nitrogens with one attached hydrogen (secondary N) is 1. The molecule has 2 heterocycles. The van der Waals surface area contributed by atoms with E-state index in [0.717, 1.165) is 16.1 Å². The Balaban J connectivity index is 1.90. The molecule has 1 N–H and O–H groups in total. The van der Waals surface area contributed by atoms with Crippen molar-refractivity contribution in [3.05, 3.63) is 47.8 Å². The van der Waals surface area contributed by atoms with Crippen molar-refractivity contribution in [1.82, 2.24) is 19.4 Å². The molecule has 0 saturated carbocycles. The lowest BCUT2D eigenvalue weighted by molar-refractivity contribution is 0.102. The number of benzene rings is 1. The first-order valence-corrected chi connectivity index (χ1v) is 7.12. The van der Waals surface area contributed by atoms with Crippen LogP contribution in [0.5, 0.6) is 0 Å². The lowest BCUT2D eigenvalue weighted by Crippen LogP contribution is -2.15. The zero-order chi connectivity index (χ0) is 14.8. The van der Waals surface area contributed by atoms with Crippen LogP contribution in [0.15, 0.2) is 36.4 Å². The van der Waals surface area contributed by atoms with Gasteiger partial charge in [-0.2, -0.15) is 5.10 Å². The van der Waals surface area contributed by atoms with E-state index in [1.54, 1.807) is 17.8 Å². The van der Waals surface area contributed by atoms with E-state index in [4.69, 9.17) is 0 Å². The second-order valence-electron chi connectivity index (χ2n) is 4.57. The first-order chi connectivity index (χ1) is 10.1. The Bertz CT molecular complexity index is 778. The van der Waals surface area contributed by atoms with Crippen molar-refractivity contribution in [1.29, 1.82) is 0 Å². The van der Waals surface area contributed by atoms with E-state index < -0.39 is 0 Å². The van der Waals surface area contributed by atoms with E-state index in [-0.39, 0.29) is 5.91 Å². The Labute approximate surface area is 125 Å². The van der Waals surface area contributed by atoms with Crippen LogP contribution in [0, 0.1) is 6.92 Å². The molecule has 2 aromatic heterocycles. The predicted octanol–water partition coefficient (Wildman–Crippen LogP) is 2.50. The van der Waals surface area contributed by atoms with Crippen LogP contribution in [0.3, 0.4) is 0 Å². The summed E-state index contributed by atoms with van der Waals surface area (Å²) in [6.45, 7) is 1.87. The summed E-state index contributed by atoms with van der Waals surface area (Å²) in [7, 11) is 1.78. The van der Waals surface area contributed by atoms with Gasteiger partial charge in [0.25, 0.3) is 5.91 Å². The minimum Gasteiger partial charge on any atom is -0.305 e. The molecule has 0 fully saturated rings. The average molecular weight is 299 g/mol. The maximum Gasteiger partial charge on any atom is 0.278 e. The van der Waals surface area contributed by atoms with E-state index in [1.807, 2.05) is 37.3 Å². The van der Waals surface area contributed by atoms with Gasteiger partial charge in [0.1, 0.15) is 5.82 Å². The standard InChI is InChI=1S/C14H13N5OS/c1-9-8-11(19(2)17-9)15-14(20)12-13(21-18-16-12)10-6-4-3-5-7-10/h3-8H,1-2H3,(H,15,20). The molecule has 0 radical (unpaired) electrons. The van der Waals surface area contributed by atoms with Crippen molar-refractivity contribution in [3.63, 3.8) is 0 Å². The van der Waals surface area contributed by atoms with Crippen LogP contribution in [-0.4, -0.2) is 25.3 Å². The first kappa shape index (κ1) is 13.4. The molecular formula is C14H13N5OS. The van der Waals surface area contributed by atoms with E-state index in [0.29, 0.717) is 11.5 Å². The van der Waals surface area contributed by atoms with Gasteiger partial charge in [0.05, 0.1) is 10.6 Å². The third-order valence-electron chi connectivity index (χ3n) is 2.98. The summed E-state index contributed by atoms with van der Waals surface area (Å²) in [5.41, 5.74) is 2.09. The van der Waals surface area contributed by atoms with Crippen molar-refractivity contribution in [3.8, 4) is 10.4 Å². The molecular weight excluding hydrogens is 286 g/mol. The number of anilines is 1. The molecule has 7 heteroatoms. The molecule has 0 aliphatic carbocycles. The van der Waals surface area contributed by atoms with Crippen molar-refractivity contribution in [2.75, 3.05) is 5.32 Å². The Hall–Kier alpha value is -2.54. The van der Waals surface area contributed by atoms with Crippen LogP contribution in [0.25, 0.3) is 10.4 Å². The van der Waals surface area contributed by atoms with Crippen LogP contribution >= 0.6 is 11.5 Å². The molecule has 3 aromatic rings. The zero-order valence-electron chi connectivity index (χ0n) is 11.6. The molecule has 1 aromatic carbocycles. The predicted molar refractivity (Wildman–Crippen MR) is 81.2 cm³/mol. The number of rotatable bonds is 3. The summed E-state index contributed by atoms with van der Waals surface area (Å²) in [6.07, 6.45) is 0. The summed E-state index contributed by atoms with van der Waals surface area (Å²) < 4.78 is 5.52. The van der Waals surface area contributed by atoms with Gasteiger partial charge < -0.3 is 5.32 Å². The maximum absolute atomic E-state index is 12.4. The van der Waals surface area contributed by atoms with Crippen molar-refractivity contribution in [2.24, 2.45) is 7.05 Å².